The summed E-state index contributed by atoms with van der Waals surface area (Å²) in [6.07, 6.45) is 0. The number of halogens is 3. The van der Waals surface area contributed by atoms with Crippen LogP contribution in [0.3, 0.4) is 0 Å². The molecule has 2 rings (SSSR count). The molecular formula is C16H12Cl3N. The highest BCUT2D eigenvalue weighted by atomic mass is 35.5. The van der Waals surface area contributed by atoms with Crippen molar-refractivity contribution in [1.29, 1.82) is 0 Å². The molecule has 0 aliphatic carbocycles. The summed E-state index contributed by atoms with van der Waals surface area (Å²) in [7, 11) is 0. The van der Waals surface area contributed by atoms with E-state index in [1.807, 2.05) is 31.2 Å². The normalized spacial score (nSPS) is 11.5. The molecule has 102 valence electrons. The van der Waals surface area contributed by atoms with Gasteiger partial charge >= 0.3 is 0 Å². The van der Waals surface area contributed by atoms with Gasteiger partial charge in [0.2, 0.25) is 0 Å². The first kappa shape index (κ1) is 15.1. The molecule has 4 heteroatoms. The summed E-state index contributed by atoms with van der Waals surface area (Å²) < 4.78 is 0. The first-order valence-electron chi connectivity index (χ1n) is 5.93. The van der Waals surface area contributed by atoms with Gasteiger partial charge in [-0.1, -0.05) is 65.6 Å². The quantitative estimate of drug-likeness (QED) is 0.618. The molecule has 0 radical (unpaired) electrons. The Labute approximate surface area is 133 Å². The van der Waals surface area contributed by atoms with Gasteiger partial charge in [0.1, 0.15) is 5.17 Å². The van der Waals surface area contributed by atoms with E-state index in [1.165, 1.54) is 0 Å². The van der Waals surface area contributed by atoms with E-state index in [4.69, 9.17) is 34.8 Å². The number of hydrogen-bond acceptors (Lipinski definition) is 1. The molecule has 2 aromatic carbocycles. The van der Waals surface area contributed by atoms with Gasteiger partial charge in [-0.2, -0.15) is 0 Å². The number of nitrogens with zero attached hydrogens (tertiary/aromatic N) is 1. The van der Waals surface area contributed by atoms with Crippen molar-refractivity contribution < 1.29 is 0 Å². The lowest BCUT2D eigenvalue weighted by Gasteiger charge is -2.07. The van der Waals surface area contributed by atoms with Gasteiger partial charge in [-0.3, -0.25) is 0 Å². The summed E-state index contributed by atoms with van der Waals surface area (Å²) in [6, 6.07) is 12.9. The highest BCUT2D eigenvalue weighted by Crippen LogP contribution is 2.27. The van der Waals surface area contributed by atoms with Crippen LogP contribution in [0.4, 0.5) is 0 Å². The van der Waals surface area contributed by atoms with E-state index in [1.54, 1.807) is 18.2 Å². The van der Waals surface area contributed by atoms with Crippen molar-refractivity contribution in [3.63, 3.8) is 0 Å². The fourth-order valence-electron chi connectivity index (χ4n) is 1.77. The second-order valence-electron chi connectivity index (χ2n) is 4.29. The van der Waals surface area contributed by atoms with Crippen molar-refractivity contribution >= 4 is 45.7 Å². The first-order chi connectivity index (χ1) is 9.49. The van der Waals surface area contributed by atoms with Gasteiger partial charge in [0.05, 0.1) is 10.7 Å². The molecule has 2 aromatic rings. The van der Waals surface area contributed by atoms with E-state index in [0.717, 1.165) is 11.1 Å². The minimum Gasteiger partial charge on any atom is -0.236 e. The lowest BCUT2D eigenvalue weighted by Crippen LogP contribution is -1.95. The van der Waals surface area contributed by atoms with E-state index in [-0.39, 0.29) is 0 Å². The minimum atomic E-state index is 0.388. The third-order valence-corrected chi connectivity index (χ3v) is 3.68. The zero-order chi connectivity index (χ0) is 14.7. The molecule has 0 saturated heterocycles. The summed E-state index contributed by atoms with van der Waals surface area (Å²) in [5.41, 5.74) is 3.14. The molecule has 0 spiro atoms. The third kappa shape index (κ3) is 3.43. The van der Waals surface area contributed by atoms with Crippen LogP contribution in [0.5, 0.6) is 0 Å². The summed E-state index contributed by atoms with van der Waals surface area (Å²) in [6.45, 7) is 5.89. The Morgan fingerprint density at radius 2 is 1.75 bits per heavy atom. The van der Waals surface area contributed by atoms with Crippen LogP contribution in [0.1, 0.15) is 16.7 Å². The number of rotatable bonds is 3. The lowest BCUT2D eigenvalue weighted by molar-refractivity contribution is 1.43. The van der Waals surface area contributed by atoms with Crippen LogP contribution in [-0.4, -0.2) is 5.17 Å². The molecule has 0 aromatic heterocycles. The van der Waals surface area contributed by atoms with Crippen molar-refractivity contribution in [2.45, 2.75) is 6.92 Å². The molecule has 0 amide bonds. The Morgan fingerprint density at radius 3 is 2.40 bits per heavy atom. The molecule has 0 bridgehead atoms. The predicted molar refractivity (Wildman–Crippen MR) is 89.1 cm³/mol. The Balaban J connectivity index is 2.35. The Hall–Kier alpha value is -1.28. The highest BCUT2D eigenvalue weighted by Gasteiger charge is 2.08. The first-order valence-corrected chi connectivity index (χ1v) is 7.07. The predicted octanol–water partition coefficient (Wildman–Crippen LogP) is 5.96. The summed E-state index contributed by atoms with van der Waals surface area (Å²) >= 11 is 18.3. The Bertz CT molecular complexity index is 690. The molecule has 20 heavy (non-hydrogen) atoms. The molecule has 0 aliphatic rings. The largest absolute Gasteiger partial charge is 0.236 e. The van der Waals surface area contributed by atoms with Crippen LogP contribution in [0.25, 0.3) is 5.70 Å². The van der Waals surface area contributed by atoms with Crippen LogP contribution in [0, 0.1) is 6.92 Å². The summed E-state index contributed by atoms with van der Waals surface area (Å²) in [4.78, 5) is 4.33. The molecule has 1 nitrogen and oxygen atoms in total. The van der Waals surface area contributed by atoms with Gasteiger partial charge in [0.25, 0.3) is 0 Å². The Morgan fingerprint density at radius 1 is 1.05 bits per heavy atom. The van der Waals surface area contributed by atoms with E-state index in [0.29, 0.717) is 26.5 Å². The maximum absolute atomic E-state index is 6.26. The molecular weight excluding hydrogens is 313 g/mol. The van der Waals surface area contributed by atoms with Gasteiger partial charge in [0, 0.05) is 16.1 Å². The topological polar surface area (TPSA) is 12.4 Å². The number of aliphatic imine (C=N–C) groups is 1. The average molecular weight is 325 g/mol. The summed E-state index contributed by atoms with van der Waals surface area (Å²) in [5, 5.41) is 1.46. The van der Waals surface area contributed by atoms with Crippen LogP contribution in [-0.2, 0) is 0 Å². The fraction of sp³-hybridized carbons (Fsp3) is 0.0625. The standard InChI is InChI=1S/C16H12Cl3N/c1-10-5-3-4-6-13(10)16(19)20-11(2)14-8-7-12(17)9-15(14)18/h3-9H,2H2,1H3. The zero-order valence-corrected chi connectivity index (χ0v) is 13.1. The second-order valence-corrected chi connectivity index (χ2v) is 5.49. The van der Waals surface area contributed by atoms with E-state index < -0.39 is 0 Å². The molecule has 0 fully saturated rings. The second kappa shape index (κ2) is 6.45. The van der Waals surface area contributed by atoms with Crippen molar-refractivity contribution in [3.8, 4) is 0 Å². The van der Waals surface area contributed by atoms with Gasteiger partial charge in [0.15, 0.2) is 0 Å². The molecule has 0 unspecified atom stereocenters. The average Bonchev–Trinajstić information content (AvgIpc) is 2.38. The molecule has 0 atom stereocenters. The minimum absolute atomic E-state index is 0.388. The summed E-state index contributed by atoms with van der Waals surface area (Å²) in [5.74, 6) is 0. The van der Waals surface area contributed by atoms with E-state index in [9.17, 15) is 0 Å². The maximum Gasteiger partial charge on any atom is 0.137 e. The fourth-order valence-corrected chi connectivity index (χ4v) is 2.60. The highest BCUT2D eigenvalue weighted by molar-refractivity contribution is 6.70. The maximum atomic E-state index is 6.26. The van der Waals surface area contributed by atoms with Gasteiger partial charge in [-0.15, -0.1) is 0 Å². The monoisotopic (exact) mass is 323 g/mol. The molecule has 0 heterocycles. The van der Waals surface area contributed by atoms with Gasteiger partial charge in [-0.05, 0) is 30.7 Å². The smallest absolute Gasteiger partial charge is 0.137 e. The number of hydrogen-bond donors (Lipinski definition) is 0. The van der Waals surface area contributed by atoms with Gasteiger partial charge in [-0.25, -0.2) is 4.99 Å². The third-order valence-electron chi connectivity index (χ3n) is 2.84. The SMILES string of the molecule is C=C(N=C(Cl)c1ccccc1C)c1ccc(Cl)cc1Cl. The van der Waals surface area contributed by atoms with Crippen LogP contribution in [0.2, 0.25) is 10.0 Å². The molecule has 0 N–H and O–H groups in total. The van der Waals surface area contributed by atoms with E-state index in [2.05, 4.69) is 11.6 Å². The Kier molecular flexibility index (Phi) is 4.87. The van der Waals surface area contributed by atoms with Crippen molar-refractivity contribution in [1.82, 2.24) is 0 Å². The number of aryl methyl sites for hydroxylation is 1. The van der Waals surface area contributed by atoms with Crippen LogP contribution >= 0.6 is 34.8 Å². The zero-order valence-electron chi connectivity index (χ0n) is 10.8. The molecule has 0 aliphatic heterocycles. The van der Waals surface area contributed by atoms with Crippen molar-refractivity contribution in [2.75, 3.05) is 0 Å². The molecule has 0 saturated carbocycles. The van der Waals surface area contributed by atoms with Crippen LogP contribution in [0.15, 0.2) is 54.0 Å². The van der Waals surface area contributed by atoms with E-state index >= 15 is 0 Å². The van der Waals surface area contributed by atoms with Gasteiger partial charge < -0.3 is 0 Å². The van der Waals surface area contributed by atoms with Crippen LogP contribution < -0.4 is 0 Å². The van der Waals surface area contributed by atoms with Crippen molar-refractivity contribution in [2.24, 2.45) is 4.99 Å². The number of benzene rings is 2. The lowest BCUT2D eigenvalue weighted by atomic mass is 10.1. The van der Waals surface area contributed by atoms with Crippen molar-refractivity contribution in [3.05, 3.63) is 75.8 Å².